The highest BCUT2D eigenvalue weighted by atomic mass is 16.5. The fraction of sp³-hybridized carbons (Fsp3) is 0. The maximum atomic E-state index is 6.71. The summed E-state index contributed by atoms with van der Waals surface area (Å²) >= 11 is 0. The third-order valence-electron chi connectivity index (χ3n) is 11.8. The van der Waals surface area contributed by atoms with E-state index in [1.54, 1.807) is 0 Å². The first kappa shape index (κ1) is 32.0. The number of ether oxygens (including phenoxy) is 1. The molecule has 0 fully saturated rings. The van der Waals surface area contributed by atoms with Crippen molar-refractivity contribution in [1.29, 1.82) is 0 Å². The van der Waals surface area contributed by atoms with Gasteiger partial charge in [-0.2, -0.15) is 0 Å². The lowest BCUT2D eigenvalue weighted by molar-refractivity contribution is 0.484. The summed E-state index contributed by atoms with van der Waals surface area (Å²) in [4.78, 5) is 4.69. The number of hydrogen-bond acceptors (Lipinski definition) is 4. The lowest BCUT2D eigenvalue weighted by Gasteiger charge is -2.11. The van der Waals surface area contributed by atoms with Gasteiger partial charge < -0.3 is 22.7 Å². The van der Waals surface area contributed by atoms with Gasteiger partial charge in [-0.05, 0) is 109 Å². The fourth-order valence-electron chi connectivity index (χ4n) is 9.22. The van der Waals surface area contributed by atoms with Crippen molar-refractivity contribution in [3.63, 3.8) is 0 Å². The van der Waals surface area contributed by atoms with E-state index in [1.807, 2.05) is 42.6 Å². The molecule has 59 heavy (non-hydrogen) atoms. The Bertz CT molecular complexity index is 3840. The average molecular weight is 758 g/mol. The maximum Gasteiger partial charge on any atom is 0.161 e. The Morgan fingerprint density at radius 1 is 0.390 bits per heavy atom. The van der Waals surface area contributed by atoms with Crippen LogP contribution in [-0.4, -0.2) is 14.1 Å². The number of benzene rings is 8. The smallest absolute Gasteiger partial charge is 0.161 e. The van der Waals surface area contributed by atoms with Gasteiger partial charge in [-0.15, -0.1) is 0 Å². The van der Waals surface area contributed by atoms with E-state index in [2.05, 4.69) is 155 Å². The molecule has 0 aliphatic carbocycles. The summed E-state index contributed by atoms with van der Waals surface area (Å²) in [5.74, 6) is 1.56. The quantitative estimate of drug-likeness (QED) is 0.175. The number of pyridine rings is 1. The standard InChI is InChI=1S/C53H31N3O3/c1-5-16-45-38(12-1)42-30-35(21-23-47(42)55(45)33-11-9-10-32(28-33)37-26-27-54-52-41-15-4-8-19-50(41)59-53(37)52)57-36-22-24-48-43(31-36)39-13-2-6-17-46(39)56(48)34-20-25-51-44(29-34)40-14-3-7-18-49(40)58-51/h1-31H. The van der Waals surface area contributed by atoms with E-state index in [-0.39, 0.29) is 0 Å². The van der Waals surface area contributed by atoms with Crippen LogP contribution in [0.2, 0.25) is 0 Å². The first-order chi connectivity index (χ1) is 29.2. The second-order valence-electron chi connectivity index (χ2n) is 15.1. The Hall–Kier alpha value is -8.09. The van der Waals surface area contributed by atoms with Crippen molar-refractivity contribution in [1.82, 2.24) is 14.1 Å². The largest absolute Gasteiger partial charge is 0.457 e. The Labute approximate surface area is 336 Å². The van der Waals surface area contributed by atoms with Crippen LogP contribution < -0.4 is 4.74 Å². The van der Waals surface area contributed by atoms with Crippen molar-refractivity contribution < 1.29 is 13.6 Å². The normalized spacial score (nSPS) is 12.1. The molecule has 276 valence electrons. The van der Waals surface area contributed by atoms with E-state index >= 15 is 0 Å². The van der Waals surface area contributed by atoms with Gasteiger partial charge >= 0.3 is 0 Å². The predicted octanol–water partition coefficient (Wildman–Crippen LogP) is 14.5. The third-order valence-corrected chi connectivity index (χ3v) is 11.8. The van der Waals surface area contributed by atoms with E-state index in [0.29, 0.717) is 0 Å². The van der Waals surface area contributed by atoms with E-state index in [1.165, 1.54) is 5.39 Å². The van der Waals surface area contributed by atoms with Crippen LogP contribution in [0.5, 0.6) is 11.5 Å². The molecule has 8 aromatic carbocycles. The summed E-state index contributed by atoms with van der Waals surface area (Å²) in [5, 5.41) is 7.80. The number of rotatable bonds is 5. The van der Waals surface area contributed by atoms with Crippen LogP contribution in [0.15, 0.2) is 197 Å². The van der Waals surface area contributed by atoms with E-state index in [4.69, 9.17) is 18.6 Å². The van der Waals surface area contributed by atoms with Crippen LogP contribution in [0.1, 0.15) is 0 Å². The Morgan fingerprint density at radius 3 is 1.68 bits per heavy atom. The number of hydrogen-bond donors (Lipinski definition) is 0. The molecule has 6 nitrogen and oxygen atoms in total. The number of fused-ring (bicyclic) bond motifs is 12. The Morgan fingerprint density at radius 2 is 0.966 bits per heavy atom. The molecule has 0 spiro atoms. The molecule has 0 aliphatic heterocycles. The van der Waals surface area contributed by atoms with E-state index in [0.717, 1.165) is 116 Å². The van der Waals surface area contributed by atoms with Gasteiger partial charge in [0, 0.05) is 60.8 Å². The third kappa shape index (κ3) is 4.77. The van der Waals surface area contributed by atoms with Crippen LogP contribution in [0.3, 0.4) is 0 Å². The highest BCUT2D eigenvalue weighted by molar-refractivity contribution is 6.12. The molecule has 13 aromatic rings. The number of para-hydroxylation sites is 4. The minimum Gasteiger partial charge on any atom is -0.457 e. The molecule has 5 aromatic heterocycles. The van der Waals surface area contributed by atoms with Crippen LogP contribution in [0, 0.1) is 0 Å². The van der Waals surface area contributed by atoms with Gasteiger partial charge in [0.1, 0.15) is 33.8 Å². The van der Waals surface area contributed by atoms with Crippen LogP contribution >= 0.6 is 0 Å². The van der Waals surface area contributed by atoms with Gasteiger partial charge in [0.15, 0.2) is 5.58 Å². The lowest BCUT2D eigenvalue weighted by atomic mass is 10.0. The topological polar surface area (TPSA) is 58.3 Å². The molecule has 0 N–H and O–H groups in total. The SMILES string of the molecule is c1cc(-c2ccnc3c2oc2ccccc23)cc(-n2c3ccccc3c3cc(Oc4ccc5c(c4)c4ccccc4n5-c4ccc5oc6ccccc6c5c4)ccc32)c1. The van der Waals surface area contributed by atoms with Gasteiger partial charge in [0.2, 0.25) is 0 Å². The monoisotopic (exact) mass is 757 g/mol. The molecular weight excluding hydrogens is 727 g/mol. The molecule has 0 aliphatic rings. The summed E-state index contributed by atoms with van der Waals surface area (Å²) in [5.41, 5.74) is 13.0. The second kappa shape index (κ2) is 12.2. The molecule has 0 saturated carbocycles. The van der Waals surface area contributed by atoms with Gasteiger partial charge in [-0.25, -0.2) is 0 Å². The number of nitrogens with zero attached hydrogens (tertiary/aromatic N) is 3. The minimum absolute atomic E-state index is 0.776. The number of furan rings is 2. The molecule has 0 radical (unpaired) electrons. The fourth-order valence-corrected chi connectivity index (χ4v) is 9.22. The zero-order valence-electron chi connectivity index (χ0n) is 31.5. The minimum atomic E-state index is 0.776. The zero-order valence-corrected chi connectivity index (χ0v) is 31.5. The van der Waals surface area contributed by atoms with Crippen molar-refractivity contribution in [2.75, 3.05) is 0 Å². The lowest BCUT2D eigenvalue weighted by Crippen LogP contribution is -1.94. The summed E-state index contributed by atoms with van der Waals surface area (Å²) in [7, 11) is 0. The highest BCUT2D eigenvalue weighted by Gasteiger charge is 2.18. The molecule has 6 heteroatoms. The second-order valence-corrected chi connectivity index (χ2v) is 15.1. The van der Waals surface area contributed by atoms with Crippen LogP contribution in [0.4, 0.5) is 0 Å². The zero-order chi connectivity index (χ0) is 38.6. The molecule has 0 amide bonds. The van der Waals surface area contributed by atoms with Crippen LogP contribution in [0.25, 0.3) is 110 Å². The summed E-state index contributed by atoms with van der Waals surface area (Å²) < 4.78 is 23.9. The van der Waals surface area contributed by atoms with Gasteiger partial charge in [0.25, 0.3) is 0 Å². The van der Waals surface area contributed by atoms with Gasteiger partial charge in [-0.1, -0.05) is 78.9 Å². The maximum absolute atomic E-state index is 6.71. The number of aromatic nitrogens is 3. The van der Waals surface area contributed by atoms with Crippen molar-refractivity contribution in [2.24, 2.45) is 0 Å². The van der Waals surface area contributed by atoms with Crippen molar-refractivity contribution in [3.8, 4) is 34.0 Å². The summed E-state index contributed by atoms with van der Waals surface area (Å²) in [6.45, 7) is 0. The summed E-state index contributed by atoms with van der Waals surface area (Å²) in [6.07, 6.45) is 1.87. The molecule has 0 atom stereocenters. The first-order valence-electron chi connectivity index (χ1n) is 19.8. The van der Waals surface area contributed by atoms with E-state index < -0.39 is 0 Å². The molecule has 0 saturated heterocycles. The molecule has 0 unspecified atom stereocenters. The Balaban J connectivity index is 0.900. The first-order valence-corrected chi connectivity index (χ1v) is 19.8. The van der Waals surface area contributed by atoms with Crippen molar-refractivity contribution in [2.45, 2.75) is 0 Å². The predicted molar refractivity (Wildman–Crippen MR) is 239 cm³/mol. The van der Waals surface area contributed by atoms with Crippen molar-refractivity contribution in [3.05, 3.63) is 188 Å². The van der Waals surface area contributed by atoms with E-state index in [9.17, 15) is 0 Å². The van der Waals surface area contributed by atoms with Crippen molar-refractivity contribution >= 4 is 87.6 Å². The molecule has 13 rings (SSSR count). The Kier molecular flexibility index (Phi) is 6.63. The summed E-state index contributed by atoms with van der Waals surface area (Å²) in [6, 6.07) is 63.4. The van der Waals surface area contributed by atoms with Gasteiger partial charge in [-0.3, -0.25) is 4.98 Å². The average Bonchev–Trinajstić information content (AvgIpc) is 4.04. The molecular formula is C53H31N3O3. The highest BCUT2D eigenvalue weighted by Crippen LogP contribution is 2.41. The van der Waals surface area contributed by atoms with Gasteiger partial charge in [0.05, 0.1) is 22.1 Å². The molecule has 0 bridgehead atoms. The van der Waals surface area contributed by atoms with Crippen LogP contribution in [-0.2, 0) is 0 Å². The molecule has 5 heterocycles.